The predicted octanol–water partition coefficient (Wildman–Crippen LogP) is 4.27. The third-order valence-electron chi connectivity index (χ3n) is 5.29. The van der Waals surface area contributed by atoms with Gasteiger partial charge in [-0.2, -0.15) is 0 Å². The molecular weight excluding hydrogens is 396 g/mol. The van der Waals surface area contributed by atoms with E-state index in [4.69, 9.17) is 9.84 Å². The van der Waals surface area contributed by atoms with Crippen molar-refractivity contribution < 1.29 is 9.84 Å². The number of rotatable bonds is 8. The number of benzene rings is 2. The third-order valence-corrected chi connectivity index (χ3v) is 6.29. The molecule has 3 N–H and O–H groups in total. The highest BCUT2D eigenvalue weighted by Gasteiger charge is 2.25. The van der Waals surface area contributed by atoms with Gasteiger partial charge in [-0.05, 0) is 56.0 Å². The van der Waals surface area contributed by atoms with Crippen molar-refractivity contribution in [3.05, 3.63) is 47.5 Å². The van der Waals surface area contributed by atoms with Gasteiger partial charge in [0, 0.05) is 30.8 Å². The Morgan fingerprint density at radius 3 is 2.80 bits per heavy atom. The van der Waals surface area contributed by atoms with Crippen LogP contribution >= 0.6 is 11.3 Å². The maximum Gasteiger partial charge on any atom is 0.148 e. The van der Waals surface area contributed by atoms with Crippen molar-refractivity contribution in [2.75, 3.05) is 25.5 Å². The van der Waals surface area contributed by atoms with E-state index < -0.39 is 0 Å². The van der Waals surface area contributed by atoms with Crippen LogP contribution in [0.3, 0.4) is 0 Å². The summed E-state index contributed by atoms with van der Waals surface area (Å²) < 4.78 is 5.87. The van der Waals surface area contributed by atoms with Gasteiger partial charge in [-0.15, -0.1) is 10.2 Å². The zero-order chi connectivity index (χ0) is 21.1. The number of hydrogen-bond donors (Lipinski definition) is 3. The van der Waals surface area contributed by atoms with Crippen molar-refractivity contribution in [1.29, 1.82) is 0 Å². The molecule has 0 unspecified atom stereocenters. The Morgan fingerprint density at radius 2 is 2.03 bits per heavy atom. The van der Waals surface area contributed by atoms with Crippen LogP contribution in [-0.4, -0.2) is 41.6 Å². The van der Waals surface area contributed by atoms with Gasteiger partial charge in [0.2, 0.25) is 0 Å². The molecule has 0 saturated heterocycles. The molecule has 2 aromatic carbocycles. The highest BCUT2D eigenvalue weighted by atomic mass is 32.1. The smallest absolute Gasteiger partial charge is 0.148 e. The van der Waals surface area contributed by atoms with Crippen LogP contribution in [-0.2, 0) is 6.42 Å². The summed E-state index contributed by atoms with van der Waals surface area (Å²) in [5, 5.41) is 26.6. The average molecular weight is 425 g/mol. The molecule has 0 amide bonds. The number of aliphatic hydroxyl groups is 1. The van der Waals surface area contributed by atoms with Crippen molar-refractivity contribution in [1.82, 2.24) is 15.5 Å². The summed E-state index contributed by atoms with van der Waals surface area (Å²) in [5.41, 5.74) is 5.78. The molecule has 0 radical (unpaired) electrons. The van der Waals surface area contributed by atoms with Crippen molar-refractivity contribution in [3.8, 4) is 26.9 Å². The summed E-state index contributed by atoms with van der Waals surface area (Å²) in [6, 6.07) is 12.8. The van der Waals surface area contributed by atoms with Crippen LogP contribution in [0.1, 0.15) is 37.4 Å². The van der Waals surface area contributed by atoms with E-state index in [-0.39, 0.29) is 12.7 Å². The second kappa shape index (κ2) is 9.12. The lowest BCUT2D eigenvalue weighted by molar-refractivity contribution is 0.244. The van der Waals surface area contributed by atoms with Crippen molar-refractivity contribution in [2.45, 2.75) is 38.8 Å². The number of anilines is 1. The first-order valence-electron chi connectivity index (χ1n) is 10.4. The van der Waals surface area contributed by atoms with Gasteiger partial charge in [-0.3, -0.25) is 0 Å². The summed E-state index contributed by atoms with van der Waals surface area (Å²) in [6.45, 7) is 4.81. The van der Waals surface area contributed by atoms with Crippen LogP contribution in [0.25, 0.3) is 21.1 Å². The van der Waals surface area contributed by atoms with E-state index in [9.17, 15) is 0 Å². The minimum atomic E-state index is 0.118. The fraction of sp³-hybridized carbons (Fsp3) is 0.391. The summed E-state index contributed by atoms with van der Waals surface area (Å²) in [5.74, 6) is 0.836. The Balaban J connectivity index is 1.62. The minimum Gasteiger partial charge on any atom is -0.489 e. The first kappa shape index (κ1) is 20.8. The van der Waals surface area contributed by atoms with Crippen LogP contribution in [0.15, 0.2) is 36.4 Å². The van der Waals surface area contributed by atoms with E-state index >= 15 is 0 Å². The van der Waals surface area contributed by atoms with Crippen molar-refractivity contribution in [2.24, 2.45) is 0 Å². The molecule has 1 aliphatic rings. The van der Waals surface area contributed by atoms with Crippen LogP contribution in [0.4, 0.5) is 5.69 Å². The lowest BCUT2D eigenvalue weighted by atomic mass is 10.0. The summed E-state index contributed by atoms with van der Waals surface area (Å²) >= 11 is 1.61. The normalized spacial score (nSPS) is 15.4. The fourth-order valence-electron chi connectivity index (χ4n) is 3.97. The Kier molecular flexibility index (Phi) is 6.32. The molecule has 1 heterocycles. The van der Waals surface area contributed by atoms with E-state index in [1.54, 1.807) is 11.3 Å². The van der Waals surface area contributed by atoms with E-state index in [1.807, 2.05) is 33.0 Å². The van der Waals surface area contributed by atoms with Gasteiger partial charge in [0.1, 0.15) is 15.8 Å². The van der Waals surface area contributed by atoms with Gasteiger partial charge in [0.05, 0.1) is 18.4 Å². The Labute approximate surface area is 181 Å². The number of nitrogens with one attached hydrogen (secondary N) is 2. The SMILES string of the molecule is CNc1cc(-c2nnc(-c3cccc4c3CC[C@@H]4NCCO)s2)ccc1OC(C)C. The number of ether oxygens (including phenoxy) is 1. The summed E-state index contributed by atoms with van der Waals surface area (Å²) in [4.78, 5) is 0. The van der Waals surface area contributed by atoms with Gasteiger partial charge in [-0.1, -0.05) is 29.5 Å². The average Bonchev–Trinajstić information content (AvgIpc) is 3.39. The van der Waals surface area contributed by atoms with Crippen molar-refractivity contribution >= 4 is 17.0 Å². The van der Waals surface area contributed by atoms with Crippen LogP contribution in [0.2, 0.25) is 0 Å². The lowest BCUT2D eigenvalue weighted by Crippen LogP contribution is -2.22. The summed E-state index contributed by atoms with van der Waals surface area (Å²) in [7, 11) is 1.90. The quantitative estimate of drug-likeness (QED) is 0.501. The number of nitrogens with zero attached hydrogens (tertiary/aromatic N) is 2. The first-order valence-corrected chi connectivity index (χ1v) is 11.2. The molecule has 0 saturated carbocycles. The lowest BCUT2D eigenvalue weighted by Gasteiger charge is -2.14. The van der Waals surface area contributed by atoms with Crippen LogP contribution in [0, 0.1) is 0 Å². The molecule has 30 heavy (non-hydrogen) atoms. The Hall–Kier alpha value is -2.48. The topological polar surface area (TPSA) is 79.3 Å². The van der Waals surface area contributed by atoms with E-state index in [1.165, 1.54) is 11.1 Å². The zero-order valence-corrected chi connectivity index (χ0v) is 18.4. The monoisotopic (exact) mass is 424 g/mol. The number of aromatic nitrogens is 2. The number of fused-ring (bicyclic) bond motifs is 1. The molecule has 0 spiro atoms. The molecule has 3 aromatic rings. The van der Waals surface area contributed by atoms with Gasteiger partial charge >= 0.3 is 0 Å². The largest absolute Gasteiger partial charge is 0.489 e. The van der Waals surface area contributed by atoms with Crippen LogP contribution < -0.4 is 15.4 Å². The first-order chi connectivity index (χ1) is 14.6. The molecule has 4 rings (SSSR count). The molecule has 0 aliphatic heterocycles. The molecule has 1 aliphatic carbocycles. The van der Waals surface area contributed by atoms with Gasteiger partial charge < -0.3 is 20.5 Å². The molecule has 1 aromatic heterocycles. The molecule has 158 valence electrons. The Bertz CT molecular complexity index is 1020. The molecular formula is C23H28N4O2S. The van der Waals surface area contributed by atoms with Crippen LogP contribution in [0.5, 0.6) is 5.75 Å². The van der Waals surface area contributed by atoms with E-state index in [0.29, 0.717) is 12.6 Å². The van der Waals surface area contributed by atoms with Gasteiger partial charge in [0.15, 0.2) is 0 Å². The van der Waals surface area contributed by atoms with E-state index in [2.05, 4.69) is 45.1 Å². The molecule has 0 fully saturated rings. The van der Waals surface area contributed by atoms with E-state index in [0.717, 1.165) is 45.4 Å². The van der Waals surface area contributed by atoms with Gasteiger partial charge in [0.25, 0.3) is 0 Å². The standard InChI is InChI=1S/C23H28N4O2S/c1-14(2)29-21-10-7-15(13-20(21)24-3)22-26-27-23(30-22)18-6-4-5-17-16(18)8-9-19(17)25-11-12-28/h4-7,10,13-14,19,24-25,28H,8-9,11-12H2,1-3H3/t19-/m0/s1. The zero-order valence-electron chi connectivity index (χ0n) is 17.6. The minimum absolute atomic E-state index is 0.118. The third kappa shape index (κ3) is 4.19. The highest BCUT2D eigenvalue weighted by molar-refractivity contribution is 7.17. The maximum absolute atomic E-state index is 9.12. The molecule has 1 atom stereocenters. The number of hydrogen-bond acceptors (Lipinski definition) is 7. The highest BCUT2D eigenvalue weighted by Crippen LogP contribution is 2.40. The molecule has 7 heteroatoms. The fourth-order valence-corrected chi connectivity index (χ4v) is 4.86. The summed E-state index contributed by atoms with van der Waals surface area (Å²) in [6.07, 6.45) is 2.17. The molecule has 6 nitrogen and oxygen atoms in total. The molecule has 0 bridgehead atoms. The Morgan fingerprint density at radius 1 is 1.20 bits per heavy atom. The second-order valence-electron chi connectivity index (χ2n) is 7.68. The predicted molar refractivity (Wildman–Crippen MR) is 122 cm³/mol. The second-order valence-corrected chi connectivity index (χ2v) is 8.66. The maximum atomic E-state index is 9.12. The van der Waals surface area contributed by atoms with Crippen molar-refractivity contribution in [3.63, 3.8) is 0 Å². The van der Waals surface area contributed by atoms with Gasteiger partial charge in [-0.25, -0.2) is 0 Å². The number of aliphatic hydroxyl groups excluding tert-OH is 1.